The molecule has 1 amide bonds. The van der Waals surface area contributed by atoms with Crippen molar-refractivity contribution in [2.45, 2.75) is 6.92 Å². The van der Waals surface area contributed by atoms with Gasteiger partial charge in [0.05, 0.1) is 17.2 Å². The lowest BCUT2D eigenvalue weighted by Crippen LogP contribution is -2.25. The number of primary amides is 1. The number of hydrogen-bond donors (Lipinski definition) is 2. The number of carbonyl (C=O) groups is 2. The number of benzene rings is 1. The van der Waals surface area contributed by atoms with E-state index in [9.17, 15) is 9.59 Å². The van der Waals surface area contributed by atoms with E-state index in [4.69, 9.17) is 22.4 Å². The van der Waals surface area contributed by atoms with Crippen LogP contribution in [0.4, 0.5) is 5.69 Å². The van der Waals surface area contributed by atoms with Gasteiger partial charge in [0.2, 0.25) is 0 Å². The van der Waals surface area contributed by atoms with Gasteiger partial charge in [-0.15, -0.1) is 0 Å². The number of aliphatic carboxylic acids is 1. The second kappa shape index (κ2) is 5.09. The highest BCUT2D eigenvalue weighted by Gasteiger charge is 2.35. The molecule has 0 aliphatic carbocycles. The monoisotopic (exact) mass is 282 g/mol. The number of anilines is 1. The molecule has 0 spiro atoms. The van der Waals surface area contributed by atoms with E-state index in [0.29, 0.717) is 29.4 Å². The third-order valence-corrected chi connectivity index (χ3v) is 3.73. The lowest BCUT2D eigenvalue weighted by molar-refractivity contribution is -0.142. The van der Waals surface area contributed by atoms with E-state index in [-0.39, 0.29) is 5.92 Å². The molecule has 1 aliphatic rings. The molecule has 0 unspecified atom stereocenters. The van der Waals surface area contributed by atoms with Crippen LogP contribution in [0.3, 0.4) is 0 Å². The van der Waals surface area contributed by atoms with Crippen LogP contribution in [-0.4, -0.2) is 30.1 Å². The number of rotatable bonds is 3. The smallest absolute Gasteiger partial charge is 0.308 e. The second-order valence-corrected chi connectivity index (χ2v) is 5.29. The summed E-state index contributed by atoms with van der Waals surface area (Å²) in [6.07, 6.45) is 0. The lowest BCUT2D eigenvalue weighted by Gasteiger charge is -2.21. The summed E-state index contributed by atoms with van der Waals surface area (Å²) in [7, 11) is 0. The van der Waals surface area contributed by atoms with Gasteiger partial charge in [0.1, 0.15) is 0 Å². The van der Waals surface area contributed by atoms with Crippen molar-refractivity contribution in [3.05, 3.63) is 28.8 Å². The third kappa shape index (κ3) is 2.66. The van der Waals surface area contributed by atoms with Crippen molar-refractivity contribution in [1.29, 1.82) is 0 Å². The van der Waals surface area contributed by atoms with Crippen LogP contribution in [0.15, 0.2) is 18.2 Å². The van der Waals surface area contributed by atoms with Gasteiger partial charge in [0.25, 0.3) is 5.91 Å². The van der Waals surface area contributed by atoms with Crippen molar-refractivity contribution in [1.82, 2.24) is 0 Å². The Morgan fingerprint density at radius 1 is 1.42 bits per heavy atom. The first-order chi connectivity index (χ1) is 8.90. The molecule has 2 atom stereocenters. The first-order valence-corrected chi connectivity index (χ1v) is 6.35. The summed E-state index contributed by atoms with van der Waals surface area (Å²) in [5.74, 6) is -1.80. The van der Waals surface area contributed by atoms with Gasteiger partial charge in [0, 0.05) is 18.1 Å². The van der Waals surface area contributed by atoms with Crippen molar-refractivity contribution in [3.63, 3.8) is 0 Å². The van der Waals surface area contributed by atoms with Crippen LogP contribution in [-0.2, 0) is 4.79 Å². The molecule has 1 aromatic carbocycles. The van der Waals surface area contributed by atoms with E-state index in [2.05, 4.69) is 0 Å². The van der Waals surface area contributed by atoms with E-state index in [1.54, 1.807) is 18.2 Å². The molecule has 1 saturated heterocycles. The van der Waals surface area contributed by atoms with Gasteiger partial charge < -0.3 is 15.7 Å². The first-order valence-electron chi connectivity index (χ1n) is 5.97. The predicted octanol–water partition coefficient (Wildman–Crippen LogP) is 1.60. The Morgan fingerprint density at radius 2 is 2.11 bits per heavy atom. The molecule has 0 saturated carbocycles. The van der Waals surface area contributed by atoms with Gasteiger partial charge in [-0.05, 0) is 24.1 Å². The zero-order valence-electron chi connectivity index (χ0n) is 10.5. The Bertz CT molecular complexity index is 533. The van der Waals surface area contributed by atoms with Crippen LogP contribution in [0.25, 0.3) is 0 Å². The standard InChI is InChI=1S/C13H15ClN2O3/c1-7-5-16(6-10(7)13(18)19)11-4-8(14)2-3-9(11)12(15)17/h2-4,7,10H,5-6H2,1H3,(H2,15,17)(H,18,19)/t7-,10-/m1/s1. The minimum absolute atomic E-state index is 0.0113. The van der Waals surface area contributed by atoms with Crippen LogP contribution in [0.2, 0.25) is 5.02 Å². The van der Waals surface area contributed by atoms with E-state index in [1.165, 1.54) is 0 Å². The van der Waals surface area contributed by atoms with Gasteiger partial charge in [0.15, 0.2) is 0 Å². The fraction of sp³-hybridized carbons (Fsp3) is 0.385. The number of carboxylic acid groups (broad SMARTS) is 1. The number of nitrogens with two attached hydrogens (primary N) is 1. The normalized spacial score (nSPS) is 22.5. The molecule has 102 valence electrons. The quantitative estimate of drug-likeness (QED) is 0.882. The van der Waals surface area contributed by atoms with Gasteiger partial charge in [-0.3, -0.25) is 9.59 Å². The molecular weight excluding hydrogens is 268 g/mol. The predicted molar refractivity (Wildman–Crippen MR) is 72.5 cm³/mol. The van der Waals surface area contributed by atoms with E-state index in [1.807, 2.05) is 11.8 Å². The van der Waals surface area contributed by atoms with Gasteiger partial charge in [-0.1, -0.05) is 18.5 Å². The second-order valence-electron chi connectivity index (χ2n) is 4.85. The van der Waals surface area contributed by atoms with E-state index < -0.39 is 17.8 Å². The zero-order chi connectivity index (χ0) is 14.2. The van der Waals surface area contributed by atoms with E-state index in [0.717, 1.165) is 0 Å². The number of halogens is 1. The summed E-state index contributed by atoms with van der Waals surface area (Å²) in [6.45, 7) is 2.81. The number of nitrogens with zero attached hydrogens (tertiary/aromatic N) is 1. The van der Waals surface area contributed by atoms with Crippen LogP contribution < -0.4 is 10.6 Å². The van der Waals surface area contributed by atoms with Crippen LogP contribution in [0.5, 0.6) is 0 Å². The highest BCUT2D eigenvalue weighted by atomic mass is 35.5. The number of amides is 1. The third-order valence-electron chi connectivity index (χ3n) is 3.50. The summed E-state index contributed by atoms with van der Waals surface area (Å²) in [6, 6.07) is 4.82. The number of hydrogen-bond acceptors (Lipinski definition) is 3. The zero-order valence-corrected chi connectivity index (χ0v) is 11.2. The van der Waals surface area contributed by atoms with E-state index >= 15 is 0 Å². The molecule has 2 rings (SSSR count). The summed E-state index contributed by atoms with van der Waals surface area (Å²) >= 11 is 5.94. The fourth-order valence-corrected chi connectivity index (χ4v) is 2.63. The number of carbonyl (C=O) groups excluding carboxylic acids is 1. The molecule has 1 aliphatic heterocycles. The van der Waals surface area contributed by atoms with Crippen molar-refractivity contribution >= 4 is 29.2 Å². The molecule has 19 heavy (non-hydrogen) atoms. The molecule has 6 heteroatoms. The molecule has 1 fully saturated rings. The number of carboxylic acids is 1. The highest BCUT2D eigenvalue weighted by molar-refractivity contribution is 6.31. The molecule has 3 N–H and O–H groups in total. The lowest BCUT2D eigenvalue weighted by atomic mass is 9.99. The maximum atomic E-state index is 11.4. The first kappa shape index (κ1) is 13.7. The molecule has 1 aromatic rings. The molecule has 1 heterocycles. The molecule has 0 radical (unpaired) electrons. The van der Waals surface area contributed by atoms with Crippen molar-refractivity contribution < 1.29 is 14.7 Å². The molecule has 0 bridgehead atoms. The molecular formula is C13H15ClN2O3. The summed E-state index contributed by atoms with van der Waals surface area (Å²) in [5, 5.41) is 9.63. The average molecular weight is 283 g/mol. The topological polar surface area (TPSA) is 83.6 Å². The SMILES string of the molecule is C[C@@H]1CN(c2cc(Cl)ccc2C(N)=O)C[C@H]1C(=O)O. The largest absolute Gasteiger partial charge is 0.481 e. The average Bonchev–Trinajstić information content (AvgIpc) is 2.70. The maximum Gasteiger partial charge on any atom is 0.308 e. The Hall–Kier alpha value is -1.75. The minimum atomic E-state index is -0.822. The Labute approximate surface area is 116 Å². The van der Waals surface area contributed by atoms with Crippen molar-refractivity contribution in [2.24, 2.45) is 17.6 Å². The van der Waals surface area contributed by atoms with Gasteiger partial charge in [-0.25, -0.2) is 0 Å². The molecule has 5 nitrogen and oxygen atoms in total. The van der Waals surface area contributed by atoms with Crippen molar-refractivity contribution in [2.75, 3.05) is 18.0 Å². The Balaban J connectivity index is 2.35. The van der Waals surface area contributed by atoms with Crippen molar-refractivity contribution in [3.8, 4) is 0 Å². The van der Waals surface area contributed by atoms with Gasteiger partial charge in [-0.2, -0.15) is 0 Å². The van der Waals surface area contributed by atoms with Crippen LogP contribution >= 0.6 is 11.6 Å². The fourth-order valence-electron chi connectivity index (χ4n) is 2.46. The highest BCUT2D eigenvalue weighted by Crippen LogP contribution is 2.32. The summed E-state index contributed by atoms with van der Waals surface area (Å²) < 4.78 is 0. The van der Waals surface area contributed by atoms with Crippen LogP contribution in [0, 0.1) is 11.8 Å². The van der Waals surface area contributed by atoms with Gasteiger partial charge >= 0.3 is 5.97 Å². The minimum Gasteiger partial charge on any atom is -0.481 e. The molecule has 0 aromatic heterocycles. The summed E-state index contributed by atoms with van der Waals surface area (Å²) in [5.41, 5.74) is 6.31. The Kier molecular flexibility index (Phi) is 3.66. The van der Waals surface area contributed by atoms with Crippen LogP contribution in [0.1, 0.15) is 17.3 Å². The Morgan fingerprint density at radius 3 is 2.63 bits per heavy atom. The summed E-state index contributed by atoms with van der Waals surface area (Å²) in [4.78, 5) is 24.4. The maximum absolute atomic E-state index is 11.4.